The Hall–Kier alpha value is -4.00. The molecular formula is C29H25FN2O4. The van der Waals surface area contributed by atoms with Crippen molar-refractivity contribution < 1.29 is 23.5 Å². The summed E-state index contributed by atoms with van der Waals surface area (Å²) in [5, 5.41) is 0.852. The van der Waals surface area contributed by atoms with E-state index < -0.39 is 11.8 Å². The molecule has 2 aliphatic rings. The molecule has 1 fully saturated rings. The predicted octanol–water partition coefficient (Wildman–Crippen LogP) is 5.70. The molecule has 1 aromatic heterocycles. The first kappa shape index (κ1) is 22.5. The van der Waals surface area contributed by atoms with Crippen LogP contribution in [0.3, 0.4) is 0 Å². The number of rotatable bonds is 3. The van der Waals surface area contributed by atoms with E-state index in [1.165, 1.54) is 29.9 Å². The van der Waals surface area contributed by atoms with E-state index in [1.807, 2.05) is 11.0 Å². The van der Waals surface area contributed by atoms with E-state index in [2.05, 4.69) is 0 Å². The number of methoxy groups -OCH3 is 1. The Kier molecular flexibility index (Phi) is 5.36. The van der Waals surface area contributed by atoms with E-state index in [4.69, 9.17) is 4.74 Å². The molecule has 1 saturated carbocycles. The van der Waals surface area contributed by atoms with Gasteiger partial charge >= 0.3 is 5.97 Å². The highest BCUT2D eigenvalue weighted by molar-refractivity contribution is 6.26. The van der Waals surface area contributed by atoms with Crippen LogP contribution in [-0.4, -0.2) is 40.4 Å². The summed E-state index contributed by atoms with van der Waals surface area (Å²) in [5.41, 5.74) is 2.45. The molecule has 6 nitrogen and oxygen atoms in total. The third-order valence-corrected chi connectivity index (χ3v) is 7.53. The van der Waals surface area contributed by atoms with Gasteiger partial charge in [-0.15, -0.1) is 0 Å². The van der Waals surface area contributed by atoms with Crippen molar-refractivity contribution in [1.29, 1.82) is 0 Å². The summed E-state index contributed by atoms with van der Waals surface area (Å²) in [6.45, 7) is 0.382. The highest BCUT2D eigenvalue weighted by atomic mass is 19.1. The minimum absolute atomic E-state index is 0.131. The molecule has 0 bridgehead atoms. The lowest BCUT2D eigenvalue weighted by molar-refractivity contribution is 0.0602. The fraction of sp³-hybridized carbons (Fsp3) is 0.276. The Morgan fingerprint density at radius 2 is 1.75 bits per heavy atom. The topological polar surface area (TPSA) is 68.6 Å². The van der Waals surface area contributed by atoms with Crippen LogP contribution in [0.2, 0.25) is 0 Å². The van der Waals surface area contributed by atoms with Gasteiger partial charge in [0.05, 0.1) is 29.3 Å². The average molecular weight is 485 g/mol. The van der Waals surface area contributed by atoms with Crippen LogP contribution in [0.1, 0.15) is 68.7 Å². The van der Waals surface area contributed by atoms with Gasteiger partial charge in [0.25, 0.3) is 11.8 Å². The van der Waals surface area contributed by atoms with E-state index in [1.54, 1.807) is 30.3 Å². The zero-order chi connectivity index (χ0) is 25.0. The number of fused-ring (bicyclic) bond motifs is 5. The molecule has 36 heavy (non-hydrogen) atoms. The molecule has 1 amide bonds. The summed E-state index contributed by atoms with van der Waals surface area (Å²) in [6, 6.07) is 14.6. The van der Waals surface area contributed by atoms with Gasteiger partial charge in [-0.1, -0.05) is 37.5 Å². The average Bonchev–Trinajstić information content (AvgIpc) is 3.42. The van der Waals surface area contributed by atoms with Gasteiger partial charge in [0.1, 0.15) is 5.82 Å². The van der Waals surface area contributed by atoms with E-state index in [-0.39, 0.29) is 28.9 Å². The van der Waals surface area contributed by atoms with Gasteiger partial charge in [-0.05, 0) is 54.8 Å². The van der Waals surface area contributed by atoms with Crippen LogP contribution in [0.25, 0.3) is 21.8 Å². The largest absolute Gasteiger partial charge is 0.465 e. The Bertz CT molecular complexity index is 1550. The molecule has 1 aliphatic heterocycles. The molecule has 1 aliphatic carbocycles. The van der Waals surface area contributed by atoms with Crippen LogP contribution < -0.4 is 0 Å². The molecule has 4 aromatic rings. The number of amides is 1. The second kappa shape index (κ2) is 8.59. The maximum atomic E-state index is 14.6. The standard InChI is InChI=1S/C29H25FN2O4/c1-36-29(35)22-14-18-16-31(20-10-6-3-7-11-20)28(34)24(18)25-21-15-19(30)12-13-23(21)32(26(22)25)27(33)17-8-4-2-5-9-17/h2,4-5,8-9,12-15,20H,3,6-7,10-11,16H2,1H3. The molecule has 0 atom stereocenters. The van der Waals surface area contributed by atoms with Crippen molar-refractivity contribution in [2.45, 2.75) is 44.7 Å². The minimum atomic E-state index is -0.614. The highest BCUT2D eigenvalue weighted by Gasteiger charge is 2.38. The third kappa shape index (κ3) is 3.33. The summed E-state index contributed by atoms with van der Waals surface area (Å²) >= 11 is 0. The number of hydrogen-bond donors (Lipinski definition) is 0. The van der Waals surface area contributed by atoms with Crippen LogP contribution in [0.5, 0.6) is 0 Å². The normalized spacial score (nSPS) is 16.1. The second-order valence-corrected chi connectivity index (χ2v) is 9.57. The molecule has 3 aromatic carbocycles. The number of benzene rings is 3. The maximum Gasteiger partial charge on any atom is 0.340 e. The first-order chi connectivity index (χ1) is 17.5. The summed E-state index contributed by atoms with van der Waals surface area (Å²) in [7, 11) is 1.28. The van der Waals surface area contributed by atoms with Gasteiger partial charge in [-0.2, -0.15) is 0 Å². The number of esters is 1. The van der Waals surface area contributed by atoms with Crippen molar-refractivity contribution in [2.75, 3.05) is 7.11 Å². The molecule has 0 spiro atoms. The second-order valence-electron chi connectivity index (χ2n) is 9.57. The van der Waals surface area contributed by atoms with Crippen LogP contribution in [0.15, 0.2) is 54.6 Å². The zero-order valence-corrected chi connectivity index (χ0v) is 19.9. The van der Waals surface area contributed by atoms with Crippen molar-refractivity contribution in [1.82, 2.24) is 9.47 Å². The predicted molar refractivity (Wildman–Crippen MR) is 134 cm³/mol. The van der Waals surface area contributed by atoms with Crippen molar-refractivity contribution >= 4 is 39.6 Å². The van der Waals surface area contributed by atoms with Crippen molar-refractivity contribution in [3.63, 3.8) is 0 Å². The Morgan fingerprint density at radius 3 is 2.47 bits per heavy atom. The molecule has 6 rings (SSSR count). The van der Waals surface area contributed by atoms with Gasteiger partial charge in [-0.3, -0.25) is 14.2 Å². The van der Waals surface area contributed by atoms with Gasteiger partial charge in [0, 0.05) is 28.9 Å². The summed E-state index contributed by atoms with van der Waals surface area (Å²) < 4.78 is 21.1. The lowest BCUT2D eigenvalue weighted by atomic mass is 9.94. The van der Waals surface area contributed by atoms with Crippen LogP contribution >= 0.6 is 0 Å². The van der Waals surface area contributed by atoms with Crippen LogP contribution in [0, 0.1) is 5.82 Å². The number of aromatic nitrogens is 1. The quantitative estimate of drug-likeness (QED) is 0.350. The highest BCUT2D eigenvalue weighted by Crippen LogP contribution is 2.41. The minimum Gasteiger partial charge on any atom is -0.465 e. The van der Waals surface area contributed by atoms with Gasteiger partial charge in [0.15, 0.2) is 0 Å². The van der Waals surface area contributed by atoms with Crippen LogP contribution in [0.4, 0.5) is 4.39 Å². The summed E-state index contributed by atoms with van der Waals surface area (Å²) in [5.74, 6) is -1.60. The first-order valence-corrected chi connectivity index (χ1v) is 12.3. The number of nitrogens with zero attached hydrogens (tertiary/aromatic N) is 2. The molecule has 0 radical (unpaired) electrons. The van der Waals surface area contributed by atoms with E-state index in [0.717, 1.165) is 32.1 Å². The Labute approximate surface area is 207 Å². The fourth-order valence-electron chi connectivity index (χ4n) is 5.89. The monoisotopic (exact) mass is 484 g/mol. The van der Waals surface area contributed by atoms with Crippen molar-refractivity contribution in [3.05, 3.63) is 82.7 Å². The number of hydrogen-bond acceptors (Lipinski definition) is 4. The molecule has 182 valence electrons. The molecule has 7 heteroatoms. The molecule has 0 unspecified atom stereocenters. The van der Waals surface area contributed by atoms with Crippen LogP contribution in [-0.2, 0) is 11.3 Å². The van der Waals surface area contributed by atoms with Crippen molar-refractivity contribution in [2.24, 2.45) is 0 Å². The summed E-state index contributed by atoms with van der Waals surface area (Å²) in [4.78, 5) is 42.6. The number of carbonyl (C=O) groups excluding carboxylic acids is 3. The Balaban J connectivity index is 1.68. The third-order valence-electron chi connectivity index (χ3n) is 7.53. The lowest BCUT2D eigenvalue weighted by Gasteiger charge is -2.30. The Morgan fingerprint density at radius 1 is 1.00 bits per heavy atom. The number of halogens is 1. The van der Waals surface area contributed by atoms with Gasteiger partial charge < -0.3 is 9.64 Å². The number of carbonyl (C=O) groups is 3. The van der Waals surface area contributed by atoms with E-state index in [0.29, 0.717) is 39.5 Å². The lowest BCUT2D eigenvalue weighted by Crippen LogP contribution is -2.36. The van der Waals surface area contributed by atoms with Gasteiger partial charge in [-0.25, -0.2) is 9.18 Å². The SMILES string of the molecule is COC(=O)c1cc2c(c3c4cc(F)ccc4n(C(=O)c4ccccc4)c13)C(=O)N(C1CCCCC1)C2. The van der Waals surface area contributed by atoms with E-state index >= 15 is 0 Å². The smallest absolute Gasteiger partial charge is 0.340 e. The number of ether oxygens (including phenoxy) is 1. The zero-order valence-electron chi connectivity index (χ0n) is 19.9. The van der Waals surface area contributed by atoms with E-state index in [9.17, 15) is 18.8 Å². The fourth-order valence-corrected chi connectivity index (χ4v) is 5.89. The molecule has 2 heterocycles. The molecule has 0 saturated heterocycles. The first-order valence-electron chi connectivity index (χ1n) is 12.3. The maximum absolute atomic E-state index is 14.6. The molecule has 0 N–H and O–H groups in total. The van der Waals surface area contributed by atoms with Crippen molar-refractivity contribution in [3.8, 4) is 0 Å². The van der Waals surface area contributed by atoms with Gasteiger partial charge in [0.2, 0.25) is 0 Å². The molecular weight excluding hydrogens is 459 g/mol. The summed E-state index contributed by atoms with van der Waals surface area (Å²) in [6.07, 6.45) is 5.19.